The Morgan fingerprint density at radius 2 is 2.25 bits per heavy atom. The van der Waals surface area contributed by atoms with Gasteiger partial charge in [0, 0.05) is 5.92 Å². The number of rotatable bonds is 2. The molecule has 0 heterocycles. The van der Waals surface area contributed by atoms with Crippen LogP contribution in [-0.4, -0.2) is 12.1 Å². The molecule has 0 radical (unpaired) electrons. The maximum atomic E-state index is 11.7. The van der Waals surface area contributed by atoms with Crippen molar-refractivity contribution in [3.8, 4) is 0 Å². The third-order valence-electron chi connectivity index (χ3n) is 4.60. The number of carbonyl (C=O) groups is 1. The lowest BCUT2D eigenvalue weighted by atomic mass is 9.86. The van der Waals surface area contributed by atoms with Gasteiger partial charge < -0.3 is 4.74 Å². The second-order valence-corrected chi connectivity index (χ2v) is 5.88. The molecule has 0 aliphatic heterocycles. The van der Waals surface area contributed by atoms with Gasteiger partial charge in [0.25, 0.3) is 0 Å². The van der Waals surface area contributed by atoms with Crippen molar-refractivity contribution >= 4 is 5.97 Å². The van der Waals surface area contributed by atoms with Crippen molar-refractivity contribution in [2.24, 2.45) is 23.7 Å². The van der Waals surface area contributed by atoms with Crippen molar-refractivity contribution < 1.29 is 9.53 Å². The maximum Gasteiger partial charge on any atom is 0.308 e. The van der Waals surface area contributed by atoms with E-state index in [0.717, 1.165) is 18.3 Å². The van der Waals surface area contributed by atoms with Crippen LogP contribution in [0.3, 0.4) is 0 Å². The van der Waals surface area contributed by atoms with Gasteiger partial charge in [-0.15, -0.1) is 0 Å². The number of carbonyl (C=O) groups excluding carboxylic acids is 1. The van der Waals surface area contributed by atoms with Gasteiger partial charge in [0.05, 0.1) is 5.92 Å². The van der Waals surface area contributed by atoms with Gasteiger partial charge in [-0.2, -0.15) is 0 Å². The Labute approximate surface area is 97.1 Å². The minimum Gasteiger partial charge on any atom is -0.462 e. The lowest BCUT2D eigenvalue weighted by Crippen LogP contribution is -2.27. The van der Waals surface area contributed by atoms with Crippen LogP contribution in [0, 0.1) is 23.7 Å². The predicted molar refractivity (Wildman–Crippen MR) is 61.7 cm³/mol. The Kier molecular flexibility index (Phi) is 2.34. The zero-order chi connectivity index (χ0) is 11.3. The third kappa shape index (κ3) is 1.42. The first kappa shape index (κ1) is 10.4. The van der Waals surface area contributed by atoms with E-state index in [9.17, 15) is 4.79 Å². The molecule has 0 spiro atoms. The molecular weight excluding hydrogens is 200 g/mol. The van der Waals surface area contributed by atoms with Crippen LogP contribution in [0.25, 0.3) is 0 Å². The third-order valence-corrected chi connectivity index (χ3v) is 4.60. The highest BCUT2D eigenvalue weighted by Crippen LogP contribution is 2.56. The van der Waals surface area contributed by atoms with Crippen LogP contribution in [0.5, 0.6) is 0 Å². The van der Waals surface area contributed by atoms with E-state index < -0.39 is 0 Å². The van der Waals surface area contributed by atoms with E-state index in [1.807, 2.05) is 13.8 Å². The second kappa shape index (κ2) is 3.61. The summed E-state index contributed by atoms with van der Waals surface area (Å²) >= 11 is 0. The number of ether oxygens (including phenoxy) is 1. The summed E-state index contributed by atoms with van der Waals surface area (Å²) in [5, 5.41) is 0. The summed E-state index contributed by atoms with van der Waals surface area (Å²) in [6, 6.07) is 0. The summed E-state index contributed by atoms with van der Waals surface area (Å²) in [6.07, 6.45) is 7.50. The fraction of sp³-hybridized carbons (Fsp3) is 0.786. The molecule has 2 nitrogen and oxygen atoms in total. The molecule has 4 unspecified atom stereocenters. The summed E-state index contributed by atoms with van der Waals surface area (Å²) < 4.78 is 5.66. The van der Waals surface area contributed by atoms with Crippen molar-refractivity contribution in [3.05, 3.63) is 11.6 Å². The lowest BCUT2D eigenvalue weighted by molar-refractivity contribution is -0.154. The monoisotopic (exact) mass is 220 g/mol. The Bertz CT molecular complexity index is 343. The van der Waals surface area contributed by atoms with E-state index in [1.54, 1.807) is 5.57 Å². The molecule has 2 bridgehead atoms. The molecule has 16 heavy (non-hydrogen) atoms. The van der Waals surface area contributed by atoms with Gasteiger partial charge in [0.1, 0.15) is 6.10 Å². The molecule has 0 amide bonds. The van der Waals surface area contributed by atoms with Gasteiger partial charge in [-0.25, -0.2) is 0 Å². The molecule has 0 aromatic rings. The molecule has 2 saturated carbocycles. The van der Waals surface area contributed by atoms with Crippen molar-refractivity contribution in [2.45, 2.75) is 45.6 Å². The van der Waals surface area contributed by atoms with Crippen LogP contribution >= 0.6 is 0 Å². The number of hydrogen-bond donors (Lipinski definition) is 0. The van der Waals surface area contributed by atoms with E-state index in [1.165, 1.54) is 19.3 Å². The molecule has 0 aromatic heterocycles. The SMILES string of the molecule is CC(C)C(=O)OC1CCC2C3CC=C(C3)C12. The van der Waals surface area contributed by atoms with E-state index in [4.69, 9.17) is 4.74 Å². The molecular formula is C14H20O2. The van der Waals surface area contributed by atoms with Crippen molar-refractivity contribution in [3.63, 3.8) is 0 Å². The van der Waals surface area contributed by atoms with Crippen LogP contribution in [0.1, 0.15) is 39.5 Å². The van der Waals surface area contributed by atoms with Crippen LogP contribution in [0.4, 0.5) is 0 Å². The number of fused-ring (bicyclic) bond motifs is 5. The minimum absolute atomic E-state index is 0.00613. The molecule has 2 heteroatoms. The topological polar surface area (TPSA) is 26.3 Å². The molecule has 3 aliphatic carbocycles. The average Bonchev–Trinajstić information content (AvgIpc) is 2.88. The Balaban J connectivity index is 1.72. The van der Waals surface area contributed by atoms with Gasteiger partial charge in [0.2, 0.25) is 0 Å². The highest BCUT2D eigenvalue weighted by Gasteiger charge is 2.50. The van der Waals surface area contributed by atoms with E-state index in [0.29, 0.717) is 5.92 Å². The first-order valence-electron chi connectivity index (χ1n) is 6.56. The highest BCUT2D eigenvalue weighted by atomic mass is 16.5. The molecule has 0 saturated heterocycles. The van der Waals surface area contributed by atoms with E-state index in [-0.39, 0.29) is 18.0 Å². The summed E-state index contributed by atoms with van der Waals surface area (Å²) in [6.45, 7) is 3.82. The average molecular weight is 220 g/mol. The second-order valence-electron chi connectivity index (χ2n) is 5.88. The van der Waals surface area contributed by atoms with Gasteiger partial charge in [-0.1, -0.05) is 25.5 Å². The van der Waals surface area contributed by atoms with E-state index in [2.05, 4.69) is 6.08 Å². The molecule has 88 valence electrons. The van der Waals surface area contributed by atoms with Crippen LogP contribution in [0.15, 0.2) is 11.6 Å². The summed E-state index contributed by atoms with van der Waals surface area (Å²) in [5.74, 6) is 2.27. The summed E-state index contributed by atoms with van der Waals surface area (Å²) in [7, 11) is 0. The Morgan fingerprint density at radius 1 is 1.44 bits per heavy atom. The molecule has 3 aliphatic rings. The largest absolute Gasteiger partial charge is 0.462 e. The predicted octanol–water partition coefficient (Wildman–Crippen LogP) is 2.93. The molecule has 0 N–H and O–H groups in total. The maximum absolute atomic E-state index is 11.7. The van der Waals surface area contributed by atoms with Gasteiger partial charge in [0.15, 0.2) is 0 Å². The zero-order valence-corrected chi connectivity index (χ0v) is 10.1. The fourth-order valence-electron chi connectivity index (χ4n) is 3.82. The Hall–Kier alpha value is -0.790. The van der Waals surface area contributed by atoms with Crippen LogP contribution < -0.4 is 0 Å². The zero-order valence-electron chi connectivity index (χ0n) is 10.1. The standard InChI is InChI=1S/C14H20O2/c1-8(2)14(15)16-12-6-5-11-9-3-4-10(7-9)13(11)12/h4,8-9,11-13H,3,5-7H2,1-2H3. The van der Waals surface area contributed by atoms with Gasteiger partial charge in [-0.3, -0.25) is 4.79 Å². The lowest BCUT2D eigenvalue weighted by Gasteiger charge is -2.24. The molecule has 2 fully saturated rings. The first-order valence-corrected chi connectivity index (χ1v) is 6.56. The summed E-state index contributed by atoms with van der Waals surface area (Å²) in [5.41, 5.74) is 1.59. The van der Waals surface area contributed by atoms with Crippen LogP contribution in [-0.2, 0) is 9.53 Å². The van der Waals surface area contributed by atoms with Gasteiger partial charge in [-0.05, 0) is 37.5 Å². The smallest absolute Gasteiger partial charge is 0.308 e. The molecule has 0 aromatic carbocycles. The van der Waals surface area contributed by atoms with Crippen molar-refractivity contribution in [2.75, 3.05) is 0 Å². The molecule has 4 atom stereocenters. The van der Waals surface area contributed by atoms with Crippen molar-refractivity contribution in [1.29, 1.82) is 0 Å². The van der Waals surface area contributed by atoms with E-state index >= 15 is 0 Å². The van der Waals surface area contributed by atoms with Gasteiger partial charge >= 0.3 is 5.97 Å². The van der Waals surface area contributed by atoms with Crippen LogP contribution in [0.2, 0.25) is 0 Å². The number of allylic oxidation sites excluding steroid dienone is 1. The number of esters is 1. The minimum atomic E-state index is -0.0194. The fourth-order valence-corrected chi connectivity index (χ4v) is 3.82. The highest BCUT2D eigenvalue weighted by molar-refractivity contribution is 5.71. The first-order chi connectivity index (χ1) is 7.66. The number of hydrogen-bond acceptors (Lipinski definition) is 2. The van der Waals surface area contributed by atoms with Crippen molar-refractivity contribution in [1.82, 2.24) is 0 Å². The molecule has 3 rings (SSSR count). The normalized spacial score (nSPS) is 40.1. The quantitative estimate of drug-likeness (QED) is 0.528. The Morgan fingerprint density at radius 3 is 3.00 bits per heavy atom. The summed E-state index contributed by atoms with van der Waals surface area (Å²) in [4.78, 5) is 11.7.